The molecule has 0 amide bonds. The van der Waals surface area contributed by atoms with E-state index >= 15 is 0 Å². The topological polar surface area (TPSA) is 0 Å². The van der Waals surface area contributed by atoms with Gasteiger partial charge in [-0.1, -0.05) is 60.7 Å². The van der Waals surface area contributed by atoms with Gasteiger partial charge in [0.05, 0.1) is 0 Å². The molecule has 0 heterocycles. The summed E-state index contributed by atoms with van der Waals surface area (Å²) in [4.78, 5) is 0. The highest BCUT2D eigenvalue weighted by molar-refractivity contribution is 6.22. The molecule has 0 bridgehead atoms. The first-order valence-corrected chi connectivity index (χ1v) is 6.56. The number of hydrogen-bond acceptors (Lipinski definition) is 0. The van der Waals surface area contributed by atoms with E-state index in [9.17, 15) is 0 Å². The van der Waals surface area contributed by atoms with Crippen LogP contribution in [0.3, 0.4) is 0 Å². The van der Waals surface area contributed by atoms with Crippen LogP contribution >= 0.6 is 0 Å². The lowest BCUT2D eigenvalue weighted by molar-refractivity contribution is 1.78. The van der Waals surface area contributed by atoms with Crippen LogP contribution in [0.4, 0.5) is 0 Å². The fourth-order valence-electron chi connectivity index (χ4n) is 2.67. The second-order valence-corrected chi connectivity index (χ2v) is 4.29. The highest BCUT2D eigenvalue weighted by Crippen LogP contribution is 2.33. The molecule has 0 heteroatoms. The van der Waals surface area contributed by atoms with Crippen molar-refractivity contribution in [2.24, 2.45) is 0 Å². The van der Waals surface area contributed by atoms with Gasteiger partial charge in [0.2, 0.25) is 0 Å². The lowest BCUT2D eigenvalue weighted by Gasteiger charge is -2.09. The largest absolute Gasteiger partial charge is 0.106 e. The third kappa shape index (κ3) is 2.06. The van der Waals surface area contributed by atoms with E-state index in [0.717, 1.165) is 0 Å². The average molecular weight is 258 g/mol. The Morgan fingerprint density at radius 1 is 0.400 bits per heavy atom. The summed E-state index contributed by atoms with van der Waals surface area (Å²) < 4.78 is 0. The van der Waals surface area contributed by atoms with E-state index in [1.165, 1.54) is 32.3 Å². The minimum atomic E-state index is 1.34. The predicted octanol–water partition coefficient (Wildman–Crippen LogP) is 6.19. The third-order valence-electron chi connectivity index (χ3n) is 3.39. The number of hydrogen-bond donors (Lipinski definition) is 0. The molecule has 0 N–H and O–H groups in total. The molecule has 0 aliphatic carbocycles. The molecule has 0 spiro atoms. The van der Waals surface area contributed by atoms with Gasteiger partial charge in [-0.25, -0.2) is 0 Å². The smallest absolute Gasteiger partial charge is 0.00268 e. The van der Waals surface area contributed by atoms with Gasteiger partial charge >= 0.3 is 0 Å². The SMILES string of the molecule is C=C.C=C.c1cc2ccc3cccc4ccc(c1)c2c34. The van der Waals surface area contributed by atoms with E-state index in [2.05, 4.69) is 87.0 Å². The summed E-state index contributed by atoms with van der Waals surface area (Å²) in [6.45, 7) is 12.0. The van der Waals surface area contributed by atoms with Crippen molar-refractivity contribution >= 4 is 32.3 Å². The summed E-state index contributed by atoms with van der Waals surface area (Å²) in [7, 11) is 0. The van der Waals surface area contributed by atoms with E-state index < -0.39 is 0 Å². The Balaban J connectivity index is 0.000000340. The molecule has 0 saturated heterocycles. The van der Waals surface area contributed by atoms with Gasteiger partial charge < -0.3 is 0 Å². The van der Waals surface area contributed by atoms with Crippen molar-refractivity contribution in [3.05, 3.63) is 87.0 Å². The molecule has 0 aliphatic heterocycles. The van der Waals surface area contributed by atoms with E-state index in [1.54, 1.807) is 0 Å². The first kappa shape index (κ1) is 13.8. The van der Waals surface area contributed by atoms with Crippen LogP contribution in [0.15, 0.2) is 87.0 Å². The second-order valence-electron chi connectivity index (χ2n) is 4.29. The molecule has 0 atom stereocenters. The number of benzene rings is 4. The molecule has 0 unspecified atom stereocenters. The Kier molecular flexibility index (Phi) is 4.17. The van der Waals surface area contributed by atoms with Crippen LogP contribution in [-0.2, 0) is 0 Å². The standard InChI is InChI=1S/C16H10.2C2H4/c1-3-11-7-9-13-5-2-6-14-10-8-12(4-1)15(11)16(13)14;2*1-2/h1-10H;2*1-2H2. The third-order valence-corrected chi connectivity index (χ3v) is 3.39. The van der Waals surface area contributed by atoms with E-state index in [0.29, 0.717) is 0 Å². The highest BCUT2D eigenvalue weighted by atomic mass is 14.1. The summed E-state index contributed by atoms with van der Waals surface area (Å²) in [5.74, 6) is 0. The van der Waals surface area contributed by atoms with Gasteiger partial charge in [-0.2, -0.15) is 0 Å². The van der Waals surface area contributed by atoms with Crippen molar-refractivity contribution in [2.75, 3.05) is 0 Å². The maximum absolute atomic E-state index is 3.00. The molecular weight excluding hydrogens is 240 g/mol. The van der Waals surface area contributed by atoms with Gasteiger partial charge in [0.25, 0.3) is 0 Å². The molecule has 0 saturated carbocycles. The van der Waals surface area contributed by atoms with Gasteiger partial charge in [-0.3, -0.25) is 0 Å². The van der Waals surface area contributed by atoms with Crippen LogP contribution < -0.4 is 0 Å². The van der Waals surface area contributed by atoms with Crippen molar-refractivity contribution in [1.82, 2.24) is 0 Å². The molecule has 0 aliphatic rings. The van der Waals surface area contributed by atoms with Gasteiger partial charge in [-0.05, 0) is 32.3 Å². The molecule has 98 valence electrons. The van der Waals surface area contributed by atoms with Crippen LogP contribution in [0, 0.1) is 0 Å². The summed E-state index contributed by atoms with van der Waals surface area (Å²) in [5.41, 5.74) is 0. The minimum absolute atomic E-state index is 1.34. The Morgan fingerprint density at radius 2 is 0.650 bits per heavy atom. The van der Waals surface area contributed by atoms with Crippen LogP contribution in [0.2, 0.25) is 0 Å². The fraction of sp³-hybridized carbons (Fsp3) is 0. The summed E-state index contributed by atoms with van der Waals surface area (Å²) in [6, 6.07) is 21.9. The predicted molar refractivity (Wildman–Crippen MR) is 92.7 cm³/mol. The molecule has 0 aromatic heterocycles. The van der Waals surface area contributed by atoms with Crippen LogP contribution in [0.5, 0.6) is 0 Å². The zero-order valence-electron chi connectivity index (χ0n) is 11.6. The Morgan fingerprint density at radius 3 is 0.900 bits per heavy atom. The molecule has 0 nitrogen and oxygen atoms in total. The first-order valence-electron chi connectivity index (χ1n) is 6.56. The van der Waals surface area contributed by atoms with E-state index in [-0.39, 0.29) is 0 Å². The van der Waals surface area contributed by atoms with Crippen molar-refractivity contribution in [3.8, 4) is 0 Å². The lowest BCUT2D eigenvalue weighted by Crippen LogP contribution is -1.82. The Labute approximate surface area is 120 Å². The van der Waals surface area contributed by atoms with Gasteiger partial charge in [0.1, 0.15) is 0 Å². The zero-order valence-corrected chi connectivity index (χ0v) is 11.6. The molecule has 4 aromatic carbocycles. The van der Waals surface area contributed by atoms with Crippen LogP contribution in [0.25, 0.3) is 32.3 Å². The van der Waals surface area contributed by atoms with Gasteiger partial charge in [-0.15, -0.1) is 26.3 Å². The monoisotopic (exact) mass is 258 g/mol. The maximum atomic E-state index is 3.00. The molecule has 0 fully saturated rings. The normalized spacial score (nSPS) is 9.80. The van der Waals surface area contributed by atoms with Gasteiger partial charge in [0.15, 0.2) is 0 Å². The molecule has 4 rings (SSSR count). The van der Waals surface area contributed by atoms with E-state index in [1.807, 2.05) is 0 Å². The molecule has 20 heavy (non-hydrogen) atoms. The summed E-state index contributed by atoms with van der Waals surface area (Å²) in [6.07, 6.45) is 0. The lowest BCUT2D eigenvalue weighted by atomic mass is 9.95. The van der Waals surface area contributed by atoms with Gasteiger partial charge in [0, 0.05) is 0 Å². The fourth-order valence-corrected chi connectivity index (χ4v) is 2.67. The Hall–Kier alpha value is -2.60. The van der Waals surface area contributed by atoms with Crippen molar-refractivity contribution in [2.45, 2.75) is 0 Å². The molecule has 0 radical (unpaired) electrons. The Bertz CT molecular complexity index is 695. The highest BCUT2D eigenvalue weighted by Gasteiger charge is 2.05. The zero-order chi connectivity index (χ0) is 14.5. The van der Waals surface area contributed by atoms with Crippen molar-refractivity contribution < 1.29 is 0 Å². The van der Waals surface area contributed by atoms with Crippen molar-refractivity contribution in [3.63, 3.8) is 0 Å². The summed E-state index contributed by atoms with van der Waals surface area (Å²) in [5, 5.41) is 8.14. The summed E-state index contributed by atoms with van der Waals surface area (Å²) >= 11 is 0. The van der Waals surface area contributed by atoms with E-state index in [4.69, 9.17) is 0 Å². The average Bonchev–Trinajstić information content (AvgIpc) is 2.57. The molecular formula is C20H18. The molecule has 4 aromatic rings. The maximum Gasteiger partial charge on any atom is -0.00268 e. The second kappa shape index (κ2) is 6.03. The quantitative estimate of drug-likeness (QED) is 0.260. The van der Waals surface area contributed by atoms with Crippen LogP contribution in [0.1, 0.15) is 0 Å². The first-order chi connectivity index (χ1) is 9.93. The minimum Gasteiger partial charge on any atom is -0.106 e. The number of rotatable bonds is 0. The van der Waals surface area contributed by atoms with Crippen molar-refractivity contribution in [1.29, 1.82) is 0 Å². The van der Waals surface area contributed by atoms with Crippen LogP contribution in [-0.4, -0.2) is 0 Å².